The first-order valence-electron chi connectivity index (χ1n) is 15.7. The van der Waals surface area contributed by atoms with E-state index in [9.17, 15) is 25.2 Å². The Morgan fingerprint density at radius 2 is 1.47 bits per heavy atom. The highest BCUT2D eigenvalue weighted by Gasteiger charge is 2.51. The van der Waals surface area contributed by atoms with E-state index >= 15 is 0 Å². The summed E-state index contributed by atoms with van der Waals surface area (Å²) in [6, 6.07) is 23.0. The number of aryl methyl sites for hydroxylation is 1. The predicted octanol–water partition coefficient (Wildman–Crippen LogP) is 3.11. The number of carbonyl (C=O) groups is 1. The second-order valence-corrected chi connectivity index (χ2v) is 17.7. The van der Waals surface area contributed by atoms with Gasteiger partial charge in [0.2, 0.25) is 0 Å². The molecule has 0 unspecified atom stereocenters. The van der Waals surface area contributed by atoms with E-state index in [4.69, 9.17) is 13.9 Å². The Bertz CT molecular complexity index is 1450. The lowest BCUT2D eigenvalue weighted by molar-refractivity contribution is -0.314. The van der Waals surface area contributed by atoms with Crippen LogP contribution in [0.1, 0.15) is 66.4 Å². The van der Waals surface area contributed by atoms with Crippen molar-refractivity contribution in [2.75, 3.05) is 13.2 Å². The molecule has 5 rings (SSSR count). The maximum atomic E-state index is 13.6. The van der Waals surface area contributed by atoms with Gasteiger partial charge in [-0.25, -0.2) is 0 Å². The number of hydrogen-bond donors (Lipinski definition) is 4. The summed E-state index contributed by atoms with van der Waals surface area (Å²) in [5.74, 6) is -0.625. The lowest BCUT2D eigenvalue weighted by atomic mass is 9.92. The van der Waals surface area contributed by atoms with Gasteiger partial charge in [-0.3, -0.25) is 4.79 Å². The first-order valence-corrected chi connectivity index (χ1v) is 17.6. The molecule has 3 aromatic carbocycles. The number of aliphatic hydroxyl groups excluding tert-OH is 4. The van der Waals surface area contributed by atoms with Crippen LogP contribution in [0.4, 0.5) is 0 Å². The number of fused-ring (bicyclic) bond motifs is 1. The van der Waals surface area contributed by atoms with E-state index in [1.54, 1.807) is 6.92 Å². The fraction of sp³-hybridized carbons (Fsp3) is 0.472. The summed E-state index contributed by atoms with van der Waals surface area (Å²) in [5.41, 5.74) is 4.24. The number of ketones is 1. The zero-order valence-corrected chi connectivity index (χ0v) is 27.9. The van der Waals surface area contributed by atoms with Crippen LogP contribution in [0.5, 0.6) is 0 Å². The van der Waals surface area contributed by atoms with Crippen molar-refractivity contribution >= 4 is 24.5 Å². The van der Waals surface area contributed by atoms with E-state index in [1.165, 1.54) is 10.4 Å². The third-order valence-corrected chi connectivity index (χ3v) is 14.6. The predicted molar refractivity (Wildman–Crippen MR) is 174 cm³/mol. The number of hydrogen-bond acceptors (Lipinski definition) is 8. The molecule has 8 nitrogen and oxygen atoms in total. The van der Waals surface area contributed by atoms with Gasteiger partial charge in [-0.1, -0.05) is 94.4 Å². The number of rotatable bonds is 9. The molecule has 242 valence electrons. The van der Waals surface area contributed by atoms with Gasteiger partial charge >= 0.3 is 0 Å². The smallest absolute Gasteiger partial charge is 0.261 e. The molecule has 0 amide bonds. The Balaban J connectivity index is 1.44. The zero-order valence-electron chi connectivity index (χ0n) is 26.9. The van der Waals surface area contributed by atoms with Crippen LogP contribution < -0.4 is 10.4 Å². The topological polar surface area (TPSA) is 126 Å². The third kappa shape index (κ3) is 5.97. The molecule has 3 aromatic rings. The largest absolute Gasteiger partial charge is 0.407 e. The molecule has 0 bridgehead atoms. The second kappa shape index (κ2) is 13.2. The molecule has 1 aliphatic carbocycles. The van der Waals surface area contributed by atoms with E-state index in [0.29, 0.717) is 24.2 Å². The molecule has 1 aliphatic heterocycles. The molecule has 7 atom stereocenters. The van der Waals surface area contributed by atoms with Crippen LogP contribution >= 0.6 is 0 Å². The molecular weight excluding hydrogens is 588 g/mol. The molecular formula is C36H46O8Si. The van der Waals surface area contributed by atoms with Crippen molar-refractivity contribution in [3.8, 4) is 0 Å². The summed E-state index contributed by atoms with van der Waals surface area (Å²) in [6.07, 6.45) is -7.13. The number of aliphatic hydroxyl groups is 4. The van der Waals surface area contributed by atoms with Gasteiger partial charge in [0.25, 0.3) is 8.32 Å². The average molecular weight is 635 g/mol. The SMILES string of the molecule is Cc1cc2c(c(C)c1CCO[Si](c1ccccc1)(c1ccccc1)C(C)(C)C)C(=O)[C@H](C)[C@@H]2O[C@@H]1O[C@H](CO)[C@@H](O)[C@H](O)[C@H]1O. The van der Waals surface area contributed by atoms with E-state index in [2.05, 4.69) is 69.3 Å². The van der Waals surface area contributed by atoms with Gasteiger partial charge in [0, 0.05) is 12.2 Å². The Labute approximate surface area is 266 Å². The number of carbonyl (C=O) groups excluding carboxylic acids is 1. The minimum absolute atomic E-state index is 0.0637. The Morgan fingerprint density at radius 1 is 0.889 bits per heavy atom. The van der Waals surface area contributed by atoms with Crippen LogP contribution in [0, 0.1) is 19.8 Å². The standard InChI is InChI=1S/C36H46O8Si/c1-21-19-27-29(30(38)23(3)34(27)44-35-33(41)32(40)31(39)28(20-37)43-35)22(2)26(21)17-18-42-45(36(4,5)6,24-13-9-7-10-14-24)25-15-11-8-12-16-25/h7-16,19,23,28,31-35,37,39-41H,17-18,20H2,1-6H3/t23-,28+,31+,32-,33+,34-,35-/m0/s1. The van der Waals surface area contributed by atoms with E-state index in [0.717, 1.165) is 16.7 Å². The molecule has 1 fully saturated rings. The molecule has 45 heavy (non-hydrogen) atoms. The monoisotopic (exact) mass is 634 g/mol. The number of benzene rings is 3. The molecule has 0 aromatic heterocycles. The van der Waals surface area contributed by atoms with Gasteiger partial charge in [0.05, 0.1) is 18.6 Å². The lowest BCUT2D eigenvalue weighted by Gasteiger charge is -2.43. The summed E-state index contributed by atoms with van der Waals surface area (Å²) in [4.78, 5) is 13.6. The highest BCUT2D eigenvalue weighted by Crippen LogP contribution is 2.44. The molecule has 9 heteroatoms. The van der Waals surface area contributed by atoms with Crippen LogP contribution in [0.2, 0.25) is 5.04 Å². The highest BCUT2D eigenvalue weighted by molar-refractivity contribution is 6.99. The van der Waals surface area contributed by atoms with Gasteiger partial charge in [0.1, 0.15) is 24.4 Å². The summed E-state index contributed by atoms with van der Waals surface area (Å²) >= 11 is 0. The van der Waals surface area contributed by atoms with Gasteiger partial charge in [-0.05, 0) is 57.9 Å². The van der Waals surface area contributed by atoms with E-state index in [-0.39, 0.29) is 10.8 Å². The van der Waals surface area contributed by atoms with Gasteiger partial charge in [-0.2, -0.15) is 0 Å². The van der Waals surface area contributed by atoms with Crippen molar-refractivity contribution in [1.29, 1.82) is 0 Å². The fourth-order valence-electron chi connectivity index (χ4n) is 7.21. The van der Waals surface area contributed by atoms with Crippen molar-refractivity contribution in [2.45, 2.75) is 89.8 Å². The van der Waals surface area contributed by atoms with Crippen LogP contribution in [0.15, 0.2) is 66.7 Å². The zero-order chi connectivity index (χ0) is 32.7. The normalized spacial score (nSPS) is 27.1. The number of ether oxygens (including phenoxy) is 2. The fourth-order valence-corrected chi connectivity index (χ4v) is 11.8. The lowest BCUT2D eigenvalue weighted by Crippen LogP contribution is -2.66. The van der Waals surface area contributed by atoms with Gasteiger partial charge in [0.15, 0.2) is 12.1 Å². The summed E-state index contributed by atoms with van der Waals surface area (Å²) in [7, 11) is -2.73. The maximum Gasteiger partial charge on any atom is 0.261 e. The van der Waals surface area contributed by atoms with Gasteiger partial charge < -0.3 is 34.3 Å². The van der Waals surface area contributed by atoms with Crippen LogP contribution in [-0.2, 0) is 20.3 Å². The minimum atomic E-state index is -2.73. The minimum Gasteiger partial charge on any atom is -0.407 e. The molecule has 2 aliphatic rings. The second-order valence-electron chi connectivity index (χ2n) is 13.4. The van der Waals surface area contributed by atoms with Crippen molar-refractivity contribution in [1.82, 2.24) is 0 Å². The third-order valence-electron chi connectivity index (χ3n) is 9.60. The van der Waals surface area contributed by atoms with Crippen molar-refractivity contribution in [3.63, 3.8) is 0 Å². The van der Waals surface area contributed by atoms with Crippen molar-refractivity contribution in [2.24, 2.45) is 5.92 Å². The van der Waals surface area contributed by atoms with Crippen LogP contribution in [-0.4, -0.2) is 78.4 Å². The average Bonchev–Trinajstić information content (AvgIpc) is 3.25. The number of Topliss-reactive ketones (excluding diaryl/α,β-unsaturated/α-hetero) is 1. The molecule has 1 heterocycles. The Hall–Kier alpha value is -2.73. The summed E-state index contributed by atoms with van der Waals surface area (Å²) < 4.78 is 18.9. The van der Waals surface area contributed by atoms with Crippen LogP contribution in [0.25, 0.3) is 0 Å². The van der Waals surface area contributed by atoms with Crippen molar-refractivity contribution in [3.05, 3.63) is 94.5 Å². The Kier molecular flexibility index (Phi) is 9.84. The molecule has 1 saturated heterocycles. The summed E-state index contributed by atoms with van der Waals surface area (Å²) in [6.45, 7) is 12.4. The van der Waals surface area contributed by atoms with E-state index < -0.39 is 57.7 Å². The molecule has 0 spiro atoms. The molecule has 0 radical (unpaired) electrons. The van der Waals surface area contributed by atoms with Crippen molar-refractivity contribution < 1.29 is 39.1 Å². The first kappa shape index (κ1) is 33.6. The molecule has 4 N–H and O–H groups in total. The van der Waals surface area contributed by atoms with Gasteiger partial charge in [-0.15, -0.1) is 0 Å². The highest BCUT2D eigenvalue weighted by atomic mass is 28.4. The van der Waals surface area contributed by atoms with Crippen LogP contribution in [0.3, 0.4) is 0 Å². The molecule has 0 saturated carbocycles. The Morgan fingerprint density at radius 3 is 2.00 bits per heavy atom. The van der Waals surface area contributed by atoms with E-state index in [1.807, 2.05) is 32.0 Å². The maximum absolute atomic E-state index is 13.6. The first-order chi connectivity index (χ1) is 21.3. The quantitative estimate of drug-likeness (QED) is 0.265. The summed E-state index contributed by atoms with van der Waals surface area (Å²) in [5, 5.41) is 42.9.